The molecule has 0 spiro atoms. The van der Waals surface area contributed by atoms with E-state index in [1.165, 1.54) is 24.5 Å². The van der Waals surface area contributed by atoms with Crippen LogP contribution in [0.2, 0.25) is 0 Å². The second kappa shape index (κ2) is 29.3. The van der Waals surface area contributed by atoms with Gasteiger partial charge in [-0.25, -0.2) is 9.78 Å². The highest BCUT2D eigenvalue weighted by atomic mass is 16.5. The van der Waals surface area contributed by atoms with Gasteiger partial charge in [-0.1, -0.05) is 64.4 Å². The van der Waals surface area contributed by atoms with Gasteiger partial charge in [0.05, 0.1) is 12.9 Å². The molecule has 0 bridgehead atoms. The Morgan fingerprint density at radius 1 is 0.841 bits per heavy atom. The van der Waals surface area contributed by atoms with E-state index in [-0.39, 0.29) is 64.3 Å². The van der Waals surface area contributed by atoms with Crippen molar-refractivity contribution in [3.8, 4) is 0 Å². The van der Waals surface area contributed by atoms with Crippen LogP contribution in [0.3, 0.4) is 0 Å². The minimum atomic E-state index is -1.26. The zero-order valence-corrected chi connectivity index (χ0v) is 40.5. The number of nitrogens with two attached hydrogens (primary N) is 2. The number of aromatic amines is 1. The maximum absolute atomic E-state index is 14.5. The van der Waals surface area contributed by atoms with Crippen molar-refractivity contribution in [2.45, 2.75) is 128 Å². The Kier molecular flexibility index (Phi) is 24.1. The normalized spacial score (nSPS) is 16.4. The first-order valence-electron chi connectivity index (χ1n) is 23.4. The molecule has 382 valence electrons. The number of carboxylic acids is 1. The van der Waals surface area contributed by atoms with Crippen molar-refractivity contribution in [2.75, 3.05) is 40.4 Å². The van der Waals surface area contributed by atoms with E-state index in [1.54, 1.807) is 58.2 Å². The van der Waals surface area contributed by atoms with E-state index in [0.29, 0.717) is 36.9 Å². The number of carboxylic acid groups (broad SMARTS) is 1. The van der Waals surface area contributed by atoms with E-state index < -0.39 is 101 Å². The summed E-state index contributed by atoms with van der Waals surface area (Å²) in [6, 6.07) is 0.677. The summed E-state index contributed by atoms with van der Waals surface area (Å²) >= 11 is 0. The molecule has 1 aromatic heterocycles. The molecule has 2 aromatic rings. The summed E-state index contributed by atoms with van der Waals surface area (Å²) in [5.41, 5.74) is 12.1. The third-order valence-corrected chi connectivity index (χ3v) is 11.8. The molecule has 0 unspecified atom stereocenters. The van der Waals surface area contributed by atoms with Gasteiger partial charge in [-0.15, -0.1) is 0 Å². The maximum atomic E-state index is 14.5. The Bertz CT molecular complexity index is 2020. The van der Waals surface area contributed by atoms with Gasteiger partial charge in [0, 0.05) is 51.5 Å². The topological polar surface area (TPSA) is 347 Å². The van der Waals surface area contributed by atoms with Crippen LogP contribution in [0.1, 0.15) is 83.9 Å². The predicted octanol–water partition coefficient (Wildman–Crippen LogP) is -1.42. The number of ether oxygens (including phenoxy) is 1. The number of nitrogens with zero attached hydrogens (tertiary/aromatic N) is 3. The number of methoxy groups -OCH3 is 1. The lowest BCUT2D eigenvalue weighted by Gasteiger charge is -2.32. The van der Waals surface area contributed by atoms with Gasteiger partial charge in [0.1, 0.15) is 42.3 Å². The molecule has 1 aliphatic heterocycles. The van der Waals surface area contributed by atoms with Crippen molar-refractivity contribution in [3.05, 3.63) is 54.1 Å². The molecule has 2 heterocycles. The number of guanidine groups is 1. The van der Waals surface area contributed by atoms with E-state index in [4.69, 9.17) is 16.2 Å². The van der Waals surface area contributed by atoms with Crippen LogP contribution < -0.4 is 48.7 Å². The fraction of sp³-hybridized carbons (Fsp3) is 0.609. The number of nitrogens with one attached hydrogen (secondary N) is 8. The lowest BCUT2D eigenvalue weighted by molar-refractivity contribution is -0.145. The number of carbonyl (C=O) groups excluding carboxylic acids is 7. The Hall–Kier alpha value is -6.62. The second-order valence-electron chi connectivity index (χ2n) is 17.5. The van der Waals surface area contributed by atoms with Crippen molar-refractivity contribution < 1.29 is 48.2 Å². The van der Waals surface area contributed by atoms with Crippen molar-refractivity contribution >= 4 is 53.3 Å². The van der Waals surface area contributed by atoms with Crippen LogP contribution in [0, 0.1) is 11.8 Å². The summed E-state index contributed by atoms with van der Waals surface area (Å²) < 4.78 is 5.23. The monoisotopic (exact) mass is 968 g/mol. The Morgan fingerprint density at radius 2 is 1.48 bits per heavy atom. The predicted molar refractivity (Wildman–Crippen MR) is 256 cm³/mol. The molecule has 0 radical (unpaired) electrons. The quantitative estimate of drug-likeness (QED) is 0.0243. The summed E-state index contributed by atoms with van der Waals surface area (Å²) in [6.07, 6.45) is 4.89. The molecule has 23 nitrogen and oxygen atoms in total. The fourth-order valence-corrected chi connectivity index (χ4v) is 7.78. The van der Waals surface area contributed by atoms with Gasteiger partial charge < -0.3 is 68.4 Å². The van der Waals surface area contributed by atoms with Gasteiger partial charge in [-0.2, -0.15) is 0 Å². The standard InChI is InChI=1S/C46H73N13O10/c1-7-28(4)38(58-40(62)32(17-13-21-69-6)54-42(64)37(27(2)3)57-39(61)31(53-36(60)25-49-5)16-11-19-51-46(47)48)43(65)55-33(23-30-24-50-26-52-30)44(66)59-20-12-18-35(59)41(63)56-34(45(67)68)22-29-14-9-8-10-15-29/h8-10,14-15,24,26-28,31-35,37-38,49H,7,11-13,16-23,25H2,1-6H3,(H,50,52)(H,53,60)(H,54,64)(H,55,65)(H,56,63)(H,57,61)(H,58,62)(H,67,68)(H4,47,48,51)/t28-,31-,32-,33-,34-,35-,37-,38-/m0/s1. The number of benzene rings is 1. The van der Waals surface area contributed by atoms with E-state index in [9.17, 15) is 43.5 Å². The summed E-state index contributed by atoms with van der Waals surface area (Å²) in [5, 5.41) is 29.1. The number of H-pyrrole nitrogens is 1. The average molecular weight is 968 g/mol. The van der Waals surface area contributed by atoms with Crippen LogP contribution in [0.4, 0.5) is 0 Å². The Labute approximate surface area is 403 Å². The van der Waals surface area contributed by atoms with Gasteiger partial charge in [0.15, 0.2) is 5.96 Å². The molecule has 1 saturated heterocycles. The van der Waals surface area contributed by atoms with Gasteiger partial charge in [0.25, 0.3) is 0 Å². The number of hydrogen-bond acceptors (Lipinski definition) is 12. The summed E-state index contributed by atoms with van der Waals surface area (Å²) in [4.78, 5) is 122. The number of likely N-dealkylation sites (N-methyl/N-ethyl adjacent to an activating group) is 1. The van der Waals surface area contributed by atoms with Gasteiger partial charge in [0.2, 0.25) is 41.4 Å². The number of rotatable bonds is 30. The molecular formula is C46H73N13O10. The van der Waals surface area contributed by atoms with Gasteiger partial charge >= 0.3 is 5.97 Å². The van der Waals surface area contributed by atoms with E-state index >= 15 is 0 Å². The Morgan fingerprint density at radius 3 is 2.07 bits per heavy atom. The molecule has 0 saturated carbocycles. The summed E-state index contributed by atoms with van der Waals surface area (Å²) in [6.45, 7) is 7.52. The zero-order chi connectivity index (χ0) is 51.0. The highest BCUT2D eigenvalue weighted by molar-refractivity contribution is 5.98. The summed E-state index contributed by atoms with van der Waals surface area (Å²) in [7, 11) is 3.06. The maximum Gasteiger partial charge on any atom is 0.326 e. The number of aromatic nitrogens is 2. The molecule has 1 fully saturated rings. The highest BCUT2D eigenvalue weighted by Gasteiger charge is 2.41. The fourth-order valence-electron chi connectivity index (χ4n) is 7.78. The lowest BCUT2D eigenvalue weighted by atomic mass is 9.96. The third-order valence-electron chi connectivity index (χ3n) is 11.8. The molecule has 7 amide bonds. The van der Waals surface area contributed by atoms with E-state index in [1.807, 2.05) is 6.92 Å². The van der Waals surface area contributed by atoms with Crippen molar-refractivity contribution in [1.82, 2.24) is 52.1 Å². The van der Waals surface area contributed by atoms with Crippen LogP contribution in [0.15, 0.2) is 47.8 Å². The average Bonchev–Trinajstić information content (AvgIpc) is 4.03. The SMILES string of the molecule is CC[C@H](C)[C@H](NC(=O)[C@H](CCCOC)NC(=O)[C@@H](NC(=O)[C@H](CCCN=C(N)N)NC(=O)CNC)C(C)C)C(=O)N[C@@H](Cc1cnc[nH]1)C(=O)N1CCC[C@H]1C(=O)N[C@@H](Cc1ccccc1)C(=O)O. The molecule has 8 atom stereocenters. The van der Waals surface area contributed by atoms with Crippen LogP contribution in [0.5, 0.6) is 0 Å². The molecule has 0 aliphatic carbocycles. The molecule has 69 heavy (non-hydrogen) atoms. The van der Waals surface area contributed by atoms with Crippen LogP contribution in [-0.4, -0.2) is 156 Å². The van der Waals surface area contributed by atoms with E-state index in [2.05, 4.69) is 52.2 Å². The third kappa shape index (κ3) is 18.8. The second-order valence-corrected chi connectivity index (χ2v) is 17.5. The van der Waals surface area contributed by atoms with Gasteiger partial charge in [-0.3, -0.25) is 38.6 Å². The molecule has 3 rings (SSSR count). The molecular weight excluding hydrogens is 895 g/mol. The van der Waals surface area contributed by atoms with Crippen molar-refractivity contribution in [1.29, 1.82) is 0 Å². The summed E-state index contributed by atoms with van der Waals surface area (Å²) in [5.74, 6) is -6.76. The first-order chi connectivity index (χ1) is 32.9. The highest BCUT2D eigenvalue weighted by Crippen LogP contribution is 2.21. The van der Waals surface area contributed by atoms with Gasteiger partial charge in [-0.05, 0) is 63.0 Å². The minimum absolute atomic E-state index is 0.0258. The minimum Gasteiger partial charge on any atom is -0.480 e. The van der Waals surface area contributed by atoms with Crippen molar-refractivity contribution in [3.63, 3.8) is 0 Å². The number of imidazole rings is 1. The first kappa shape index (κ1) is 56.7. The van der Waals surface area contributed by atoms with Crippen LogP contribution in [-0.2, 0) is 55.9 Å². The first-order valence-corrected chi connectivity index (χ1v) is 23.4. The smallest absolute Gasteiger partial charge is 0.326 e. The number of aliphatic imine (C=N–C) groups is 1. The lowest BCUT2D eigenvalue weighted by Crippen LogP contribution is -2.61. The number of likely N-dealkylation sites (tertiary alicyclic amines) is 1. The number of hydrogen-bond donors (Lipinski definition) is 11. The van der Waals surface area contributed by atoms with E-state index in [0.717, 1.165) is 0 Å². The molecule has 1 aliphatic rings. The molecule has 1 aromatic carbocycles. The van der Waals surface area contributed by atoms with Crippen molar-refractivity contribution in [2.24, 2.45) is 28.3 Å². The van der Waals surface area contributed by atoms with Crippen LogP contribution in [0.25, 0.3) is 0 Å². The number of aliphatic carboxylic acids is 1. The number of amides is 7. The van der Waals surface area contributed by atoms with Crippen LogP contribution >= 0.6 is 0 Å². The molecule has 23 heteroatoms. The Balaban J connectivity index is 1.84. The zero-order valence-electron chi connectivity index (χ0n) is 40.5. The number of carbonyl (C=O) groups is 8. The largest absolute Gasteiger partial charge is 0.480 e. The molecule has 13 N–H and O–H groups in total.